The van der Waals surface area contributed by atoms with Gasteiger partial charge in [0.1, 0.15) is 15.9 Å². The number of allylic oxidation sites excluding steroid dienone is 5. The summed E-state index contributed by atoms with van der Waals surface area (Å²) in [6.07, 6.45) is 1.23. The van der Waals surface area contributed by atoms with Crippen LogP contribution in [-0.2, 0) is 25.2 Å². The van der Waals surface area contributed by atoms with Crippen molar-refractivity contribution in [2.45, 2.75) is 26.1 Å². The molecule has 0 amide bonds. The number of aliphatic hydroxyl groups is 1. The van der Waals surface area contributed by atoms with Crippen LogP contribution in [0, 0.1) is 6.92 Å². The Bertz CT molecular complexity index is 1100. The number of rotatable bonds is 4. The van der Waals surface area contributed by atoms with E-state index in [1.54, 1.807) is 0 Å². The second-order valence-corrected chi connectivity index (χ2v) is 10.5. The molecule has 0 fully saturated rings. The van der Waals surface area contributed by atoms with Gasteiger partial charge in [0.05, 0.1) is 7.92 Å². The fourth-order valence-corrected chi connectivity index (χ4v) is 5.89. The second kappa shape index (κ2) is 16.7. The van der Waals surface area contributed by atoms with E-state index in [0.717, 1.165) is 5.70 Å². The number of hydrogen-bond acceptors (Lipinski definition) is 2. The second-order valence-electron chi connectivity index (χ2n) is 8.03. The minimum absolute atomic E-state index is 0. The zero-order chi connectivity index (χ0) is 27.3. The van der Waals surface area contributed by atoms with Gasteiger partial charge in [-0.2, -0.15) is 18.9 Å². The maximum absolute atomic E-state index is 11.3. The van der Waals surface area contributed by atoms with Crippen molar-refractivity contribution in [1.82, 2.24) is 0 Å². The average Bonchev–Trinajstić information content (AvgIpc) is 2.86. The number of alkyl halides is 3. The molecule has 0 bridgehead atoms. The van der Waals surface area contributed by atoms with Crippen molar-refractivity contribution in [3.63, 3.8) is 0 Å². The van der Waals surface area contributed by atoms with Gasteiger partial charge in [0.15, 0.2) is 5.78 Å². The van der Waals surface area contributed by atoms with Gasteiger partial charge in [0, 0.05) is 0 Å². The maximum Gasteiger partial charge on any atom is 2.00 e. The van der Waals surface area contributed by atoms with Crippen LogP contribution in [0.3, 0.4) is 0 Å². The molecule has 38 heavy (non-hydrogen) atoms. The quantitative estimate of drug-likeness (QED) is 0.114. The molecule has 3 aromatic carbocycles. The van der Waals surface area contributed by atoms with E-state index in [0.29, 0.717) is 6.04 Å². The predicted octanol–water partition coefficient (Wildman–Crippen LogP) is 6.79. The van der Waals surface area contributed by atoms with Crippen LogP contribution in [0.1, 0.15) is 13.8 Å². The fourth-order valence-electron chi connectivity index (χ4n) is 3.31. The number of ketones is 1. The van der Waals surface area contributed by atoms with Gasteiger partial charge in [-0.3, -0.25) is 0 Å². The van der Waals surface area contributed by atoms with E-state index in [4.69, 9.17) is 5.11 Å². The van der Waals surface area contributed by atoms with Gasteiger partial charge >= 0.3 is 26.6 Å². The van der Waals surface area contributed by atoms with E-state index in [1.165, 1.54) is 15.9 Å². The molecule has 0 aromatic heterocycles. The third-order valence-electron chi connectivity index (χ3n) is 4.90. The summed E-state index contributed by atoms with van der Waals surface area (Å²) in [4.78, 5) is 9.87. The normalized spacial score (nSPS) is 14.4. The van der Waals surface area contributed by atoms with Crippen molar-refractivity contribution in [3.8, 4) is 0 Å². The summed E-state index contributed by atoms with van der Waals surface area (Å²) in [5.74, 6) is -3.01. The Morgan fingerprint density at radius 2 is 1.29 bits per heavy atom. The van der Waals surface area contributed by atoms with Crippen LogP contribution in [-0.4, -0.2) is 23.1 Å². The Morgan fingerprint density at radius 3 is 1.53 bits per heavy atom. The van der Waals surface area contributed by atoms with Gasteiger partial charge in [0.2, 0.25) is 0 Å². The zero-order valence-corrected chi connectivity index (χ0v) is 23.6. The molecule has 3 nitrogen and oxygen atoms in total. The number of nitrogens with zero attached hydrogens (tertiary/aromatic N) is 1. The van der Waals surface area contributed by atoms with E-state index < -0.39 is 25.6 Å². The number of hydrogen-bond donors (Lipinski definition) is 1. The molecule has 202 valence electrons. The van der Waals surface area contributed by atoms with Gasteiger partial charge < -0.3 is 15.2 Å². The van der Waals surface area contributed by atoms with Crippen LogP contribution in [0.2, 0.25) is 0 Å². The first kappa shape index (κ1) is 32.9. The summed E-state index contributed by atoms with van der Waals surface area (Å²) in [6.45, 7) is 6.78. The van der Waals surface area contributed by atoms with Crippen molar-refractivity contribution >= 4 is 29.6 Å². The Morgan fingerprint density at radius 1 is 0.895 bits per heavy atom. The SMILES string of the molecule is CC1=CC=CC(C)[N-]1.[CH2-]C(O)=CC(=O)C(F)(F)F.[Pd+2].c1ccc([PH+](c2ccccc2)c2ccccc2)cc1. The first-order chi connectivity index (χ1) is 17.6. The molecule has 0 saturated carbocycles. The molecule has 0 saturated heterocycles. The minimum Gasteiger partial charge on any atom is -0.682 e. The molecule has 1 N–H and O–H groups in total. The van der Waals surface area contributed by atoms with Crippen LogP contribution >= 0.6 is 7.92 Å². The number of aliphatic hydroxyl groups excluding tert-OH is 1. The Labute approximate surface area is 237 Å². The van der Waals surface area contributed by atoms with Crippen molar-refractivity contribution in [2.24, 2.45) is 0 Å². The van der Waals surface area contributed by atoms with Crippen LogP contribution < -0.4 is 15.9 Å². The summed E-state index contributed by atoms with van der Waals surface area (Å²) in [5, 5.41) is 16.7. The van der Waals surface area contributed by atoms with Gasteiger partial charge in [0.25, 0.3) is 0 Å². The van der Waals surface area contributed by atoms with Crippen molar-refractivity contribution in [2.75, 3.05) is 0 Å². The topological polar surface area (TPSA) is 51.4 Å². The maximum atomic E-state index is 11.3. The summed E-state index contributed by atoms with van der Waals surface area (Å²) in [6, 6.07) is 32.9. The summed E-state index contributed by atoms with van der Waals surface area (Å²) >= 11 is 0. The molecule has 3 aromatic rings. The Hall–Kier alpha value is -3.10. The molecule has 1 aliphatic heterocycles. The van der Waals surface area contributed by atoms with Crippen LogP contribution in [0.25, 0.3) is 5.32 Å². The van der Waals surface area contributed by atoms with Gasteiger partial charge in [-0.1, -0.05) is 86.7 Å². The van der Waals surface area contributed by atoms with Crippen molar-refractivity contribution in [1.29, 1.82) is 0 Å². The largest absolute Gasteiger partial charge is 2.00 e. The van der Waals surface area contributed by atoms with Crippen molar-refractivity contribution in [3.05, 3.63) is 139 Å². The molecule has 1 aliphatic rings. The van der Waals surface area contributed by atoms with Gasteiger partial charge in [-0.15, -0.1) is 12.1 Å². The van der Waals surface area contributed by atoms with Crippen molar-refractivity contribution < 1.29 is 43.5 Å². The summed E-state index contributed by atoms with van der Waals surface area (Å²) < 4.78 is 33.8. The first-order valence-electron chi connectivity index (χ1n) is 11.5. The predicted molar refractivity (Wildman–Crippen MR) is 149 cm³/mol. The third kappa shape index (κ3) is 12.0. The number of carbonyl (C=O) groups is 1. The van der Waals surface area contributed by atoms with E-state index >= 15 is 0 Å². The minimum atomic E-state index is -4.92. The number of halogens is 3. The number of benzene rings is 3. The van der Waals surface area contributed by atoms with Crippen LogP contribution in [0.5, 0.6) is 0 Å². The van der Waals surface area contributed by atoms with Gasteiger partial charge in [-0.25, -0.2) is 6.92 Å². The summed E-state index contributed by atoms with van der Waals surface area (Å²) in [5.41, 5.74) is 1.13. The van der Waals surface area contributed by atoms with E-state index in [9.17, 15) is 18.0 Å². The molecule has 8 heteroatoms. The van der Waals surface area contributed by atoms with Crippen LogP contribution in [0.4, 0.5) is 13.2 Å². The smallest absolute Gasteiger partial charge is 0.682 e. The van der Waals surface area contributed by atoms with E-state index in [-0.39, 0.29) is 26.5 Å². The first-order valence-corrected chi connectivity index (χ1v) is 13.0. The summed E-state index contributed by atoms with van der Waals surface area (Å²) in [7, 11) is -0.877. The average molecular weight is 631 g/mol. The molecular weight excluding hydrogens is 601 g/mol. The molecule has 0 aliphatic carbocycles. The van der Waals surface area contributed by atoms with Crippen LogP contribution in [0.15, 0.2) is 127 Å². The van der Waals surface area contributed by atoms with E-state index in [2.05, 4.69) is 116 Å². The zero-order valence-electron chi connectivity index (χ0n) is 21.0. The van der Waals surface area contributed by atoms with Gasteiger partial charge in [-0.05, 0) is 42.2 Å². The fraction of sp³-hybridized carbons (Fsp3) is 0.133. The molecular formula is C30H30F3NO2PPd+. The Kier molecular flexibility index (Phi) is 14.5. The molecule has 0 spiro atoms. The molecule has 1 heterocycles. The molecule has 0 radical (unpaired) electrons. The molecule has 1 atom stereocenters. The molecule has 1 unspecified atom stereocenters. The standard InChI is InChI=1S/C18H15P.C7H10N.C5H4F3O2.Pd/c1-4-10-16(11-5-1)19(17-12-6-2-7-13-17)18-14-8-3-9-15-18;1-6-4-3-5-7(2)8-6;1-3(9)2-4(10)5(6,7)8;/h1-15H;3-6H,1-2H3;2,9H,1H2;/q;2*-1;+2/p+1. The molecule has 4 rings (SSSR count). The third-order valence-corrected chi connectivity index (χ3v) is 7.63. The van der Waals surface area contributed by atoms with E-state index in [1.807, 2.05) is 19.1 Å². The number of carbonyl (C=O) groups excluding carboxylic acids is 1. The Balaban J connectivity index is 0.000000322. The monoisotopic (exact) mass is 630 g/mol.